The quantitative estimate of drug-likeness (QED) is 0.374. The van der Waals surface area contributed by atoms with E-state index in [-0.39, 0.29) is 11.1 Å². The van der Waals surface area contributed by atoms with E-state index in [2.05, 4.69) is 45.7 Å². The Hall–Kier alpha value is -0.620. The summed E-state index contributed by atoms with van der Waals surface area (Å²) in [5.74, 6) is 0.320. The minimum atomic E-state index is -0.423. The molecule has 0 atom stereocenters. The molecule has 1 aromatic rings. The lowest BCUT2D eigenvalue weighted by atomic mass is 9.86. The molecule has 0 N–H and O–H groups in total. The zero-order valence-electron chi connectivity index (χ0n) is 11.0. The predicted octanol–water partition coefficient (Wildman–Crippen LogP) is 4.94. The van der Waals surface area contributed by atoms with Crippen LogP contribution in [0.15, 0.2) is 22.7 Å². The highest BCUT2D eigenvalue weighted by Gasteiger charge is 2.27. The Balaban J connectivity index is 2.91. The number of hydrogen-bond acceptors (Lipinski definition) is 3. The number of rotatable bonds is 7. The highest BCUT2D eigenvalue weighted by atomic mass is 79.9. The van der Waals surface area contributed by atoms with Gasteiger partial charge in [-0.25, -0.2) is 0 Å². The fourth-order valence-electron chi connectivity index (χ4n) is 1.67. The van der Waals surface area contributed by atoms with Crippen molar-refractivity contribution in [2.24, 2.45) is 5.41 Å². The second-order valence-corrected chi connectivity index (χ2v) is 5.97. The van der Waals surface area contributed by atoms with Gasteiger partial charge in [-0.05, 0) is 25.0 Å². The first-order valence-electron chi connectivity index (χ1n) is 6.10. The maximum absolute atomic E-state index is 11.0. The second kappa shape index (κ2) is 7.24. The lowest BCUT2D eigenvalue weighted by Gasteiger charge is -2.29. The van der Waals surface area contributed by atoms with Gasteiger partial charge in [0.15, 0.2) is 5.75 Å². The van der Waals surface area contributed by atoms with Crippen LogP contribution in [0.25, 0.3) is 0 Å². The smallest absolute Gasteiger partial charge is 0.312 e. The number of alkyl halides is 1. The zero-order chi connectivity index (χ0) is 14.5. The van der Waals surface area contributed by atoms with Gasteiger partial charge in [-0.3, -0.25) is 10.1 Å². The summed E-state index contributed by atoms with van der Waals surface area (Å²) in [5.41, 5.74) is 0.00561. The molecule has 4 nitrogen and oxygen atoms in total. The Morgan fingerprint density at radius 1 is 1.37 bits per heavy atom. The Morgan fingerprint density at radius 3 is 2.47 bits per heavy atom. The van der Waals surface area contributed by atoms with Crippen LogP contribution in [0.1, 0.15) is 26.7 Å². The molecular weight excluding hydrogens is 378 g/mol. The van der Waals surface area contributed by atoms with Gasteiger partial charge >= 0.3 is 5.69 Å². The van der Waals surface area contributed by atoms with Crippen LogP contribution in [-0.4, -0.2) is 16.9 Å². The van der Waals surface area contributed by atoms with Gasteiger partial charge in [-0.15, -0.1) is 0 Å². The molecule has 19 heavy (non-hydrogen) atoms. The molecule has 0 heterocycles. The summed E-state index contributed by atoms with van der Waals surface area (Å²) in [7, 11) is 0. The van der Waals surface area contributed by atoms with Crippen molar-refractivity contribution >= 4 is 37.5 Å². The normalized spacial score (nSPS) is 11.4. The number of halogens is 2. The molecule has 0 unspecified atom stereocenters. The van der Waals surface area contributed by atoms with E-state index in [0.717, 1.165) is 18.2 Å². The van der Waals surface area contributed by atoms with Crippen molar-refractivity contribution in [1.82, 2.24) is 0 Å². The number of benzene rings is 1. The van der Waals surface area contributed by atoms with E-state index in [1.807, 2.05) is 0 Å². The van der Waals surface area contributed by atoms with Gasteiger partial charge in [0, 0.05) is 21.3 Å². The summed E-state index contributed by atoms with van der Waals surface area (Å²) >= 11 is 6.73. The summed E-state index contributed by atoms with van der Waals surface area (Å²) in [6.07, 6.45) is 1.91. The summed E-state index contributed by atoms with van der Waals surface area (Å²) in [5, 5.41) is 11.8. The third-order valence-electron chi connectivity index (χ3n) is 3.44. The minimum Gasteiger partial charge on any atom is -0.486 e. The van der Waals surface area contributed by atoms with E-state index in [1.165, 1.54) is 6.07 Å². The van der Waals surface area contributed by atoms with Crippen LogP contribution in [0.4, 0.5) is 5.69 Å². The molecule has 0 radical (unpaired) electrons. The molecule has 0 spiro atoms. The van der Waals surface area contributed by atoms with Crippen LogP contribution in [-0.2, 0) is 0 Å². The van der Waals surface area contributed by atoms with Crippen molar-refractivity contribution in [3.8, 4) is 5.75 Å². The molecule has 0 bridgehead atoms. The maximum atomic E-state index is 11.0. The Kier molecular flexibility index (Phi) is 6.26. The van der Waals surface area contributed by atoms with Gasteiger partial charge in [-0.2, -0.15) is 0 Å². The highest BCUT2D eigenvalue weighted by Crippen LogP contribution is 2.34. The van der Waals surface area contributed by atoms with Crippen molar-refractivity contribution in [3.63, 3.8) is 0 Å². The molecular formula is C13H17Br2NO3. The molecule has 0 aliphatic heterocycles. The molecule has 0 saturated carbocycles. The van der Waals surface area contributed by atoms with E-state index in [1.54, 1.807) is 12.1 Å². The van der Waals surface area contributed by atoms with Crippen molar-refractivity contribution < 1.29 is 9.66 Å². The average Bonchev–Trinajstić information content (AvgIpc) is 2.42. The number of nitro benzene ring substituents is 1. The van der Waals surface area contributed by atoms with Gasteiger partial charge < -0.3 is 4.74 Å². The summed E-state index contributed by atoms with van der Waals surface area (Å²) in [6.45, 7) is 4.67. The van der Waals surface area contributed by atoms with Gasteiger partial charge in [0.25, 0.3) is 0 Å². The molecule has 6 heteroatoms. The maximum Gasteiger partial charge on any atom is 0.312 e. The molecule has 0 aliphatic rings. The number of nitrogens with zero attached hydrogens (tertiary/aromatic N) is 1. The molecule has 0 saturated heterocycles. The van der Waals surface area contributed by atoms with Crippen LogP contribution in [0.5, 0.6) is 5.75 Å². The SMILES string of the molecule is CCC(CC)(CBr)COc1ccc(Br)cc1[N+](=O)[O-]. The second-order valence-electron chi connectivity index (χ2n) is 4.50. The molecule has 106 valence electrons. The predicted molar refractivity (Wildman–Crippen MR) is 83.1 cm³/mol. The fourth-order valence-corrected chi connectivity index (χ4v) is 2.97. The molecule has 0 fully saturated rings. The molecule has 1 rings (SSSR count). The molecule has 0 aromatic heterocycles. The van der Waals surface area contributed by atoms with E-state index < -0.39 is 4.92 Å². The Labute approximate surface area is 129 Å². The van der Waals surface area contributed by atoms with Gasteiger partial charge in [0.2, 0.25) is 0 Å². The summed E-state index contributed by atoms with van der Waals surface area (Å²) in [4.78, 5) is 10.6. The average molecular weight is 395 g/mol. The number of nitro groups is 1. The van der Waals surface area contributed by atoms with Crippen LogP contribution in [0.3, 0.4) is 0 Å². The van der Waals surface area contributed by atoms with Crippen molar-refractivity contribution in [1.29, 1.82) is 0 Å². The van der Waals surface area contributed by atoms with Crippen molar-refractivity contribution in [3.05, 3.63) is 32.8 Å². The minimum absolute atomic E-state index is 0.00921. The van der Waals surface area contributed by atoms with Gasteiger partial charge in [-0.1, -0.05) is 45.7 Å². The summed E-state index contributed by atoms with van der Waals surface area (Å²) in [6, 6.07) is 4.84. The standard InChI is InChI=1S/C13H17Br2NO3/c1-3-13(4-2,8-14)9-19-12-6-5-10(15)7-11(12)16(17)18/h5-7H,3-4,8-9H2,1-2H3. The zero-order valence-corrected chi connectivity index (χ0v) is 14.2. The number of hydrogen-bond donors (Lipinski definition) is 0. The first kappa shape index (κ1) is 16.4. The topological polar surface area (TPSA) is 52.4 Å². The molecule has 1 aromatic carbocycles. The lowest BCUT2D eigenvalue weighted by molar-refractivity contribution is -0.386. The van der Waals surface area contributed by atoms with E-state index in [4.69, 9.17) is 4.74 Å². The largest absolute Gasteiger partial charge is 0.486 e. The third-order valence-corrected chi connectivity index (χ3v) is 5.12. The van der Waals surface area contributed by atoms with Crippen LogP contribution >= 0.6 is 31.9 Å². The number of ether oxygens (including phenoxy) is 1. The third kappa shape index (κ3) is 4.18. The van der Waals surface area contributed by atoms with Crippen molar-refractivity contribution in [2.75, 3.05) is 11.9 Å². The van der Waals surface area contributed by atoms with Crippen molar-refractivity contribution in [2.45, 2.75) is 26.7 Å². The van der Waals surface area contributed by atoms with E-state index in [0.29, 0.717) is 16.8 Å². The first-order chi connectivity index (χ1) is 8.98. The van der Waals surface area contributed by atoms with Crippen LogP contribution in [0.2, 0.25) is 0 Å². The first-order valence-corrected chi connectivity index (χ1v) is 8.02. The Bertz CT molecular complexity index is 439. The van der Waals surface area contributed by atoms with Crippen LogP contribution in [0, 0.1) is 15.5 Å². The van der Waals surface area contributed by atoms with E-state index >= 15 is 0 Å². The monoisotopic (exact) mass is 393 g/mol. The van der Waals surface area contributed by atoms with Gasteiger partial charge in [0.05, 0.1) is 11.5 Å². The highest BCUT2D eigenvalue weighted by molar-refractivity contribution is 9.10. The lowest BCUT2D eigenvalue weighted by Crippen LogP contribution is -2.29. The van der Waals surface area contributed by atoms with Gasteiger partial charge in [0.1, 0.15) is 0 Å². The van der Waals surface area contributed by atoms with E-state index in [9.17, 15) is 10.1 Å². The van der Waals surface area contributed by atoms with Crippen LogP contribution < -0.4 is 4.74 Å². The molecule has 0 aliphatic carbocycles. The summed E-state index contributed by atoms with van der Waals surface area (Å²) < 4.78 is 6.37. The Morgan fingerprint density at radius 2 is 2.00 bits per heavy atom. The molecule has 0 amide bonds. The fraction of sp³-hybridized carbons (Fsp3) is 0.538.